The average molecular weight is 348 g/mol. The fourth-order valence-corrected chi connectivity index (χ4v) is 2.69. The van der Waals surface area contributed by atoms with Gasteiger partial charge in [-0.1, -0.05) is 12.8 Å². The lowest BCUT2D eigenvalue weighted by molar-refractivity contribution is -0.151. The van der Waals surface area contributed by atoms with Gasteiger partial charge in [0.15, 0.2) is 0 Å². The van der Waals surface area contributed by atoms with E-state index in [0.717, 1.165) is 0 Å². The van der Waals surface area contributed by atoms with Gasteiger partial charge in [0, 0.05) is 11.8 Å². The molecule has 8 N–H and O–H groups in total. The maximum atomic E-state index is 11.1. The van der Waals surface area contributed by atoms with Crippen LogP contribution in [0.25, 0.3) is 0 Å². The molecule has 0 radical (unpaired) electrons. The van der Waals surface area contributed by atoms with Crippen molar-refractivity contribution in [2.45, 2.75) is 57.0 Å². The Labute approximate surface area is 138 Å². The molecule has 138 valence electrons. The Bertz CT molecular complexity index is 448. The van der Waals surface area contributed by atoms with Crippen LogP contribution in [0, 0.1) is 5.41 Å². The van der Waals surface area contributed by atoms with Crippen LogP contribution < -0.4 is 11.5 Å². The lowest BCUT2D eigenvalue weighted by Gasteiger charge is -2.44. The van der Waals surface area contributed by atoms with E-state index >= 15 is 0 Å². The largest absolute Gasteiger partial charge is 0.481 e. The molecule has 0 spiro atoms. The summed E-state index contributed by atoms with van der Waals surface area (Å²) < 4.78 is 0. The van der Waals surface area contributed by atoms with Crippen LogP contribution in [0.3, 0.4) is 0 Å². The first-order valence-electron chi connectivity index (χ1n) is 7.37. The Morgan fingerprint density at radius 2 is 1.08 bits per heavy atom. The summed E-state index contributed by atoms with van der Waals surface area (Å²) in [4.78, 5) is 43.8. The zero-order valence-corrected chi connectivity index (χ0v) is 13.2. The zero-order chi connectivity index (χ0) is 19.0. The molecule has 0 aliphatic heterocycles. The predicted molar refractivity (Wildman–Crippen MR) is 81.0 cm³/mol. The average Bonchev–Trinajstić information content (AvgIpc) is 2.34. The van der Waals surface area contributed by atoms with Gasteiger partial charge in [-0.25, -0.2) is 0 Å². The molecule has 0 unspecified atom stereocenters. The van der Waals surface area contributed by atoms with E-state index in [4.69, 9.17) is 31.9 Å². The van der Waals surface area contributed by atoms with Gasteiger partial charge in [0.2, 0.25) is 0 Å². The first-order valence-corrected chi connectivity index (χ1v) is 7.37. The third-order valence-electron chi connectivity index (χ3n) is 3.94. The van der Waals surface area contributed by atoms with Crippen molar-refractivity contribution >= 4 is 23.9 Å². The van der Waals surface area contributed by atoms with Crippen molar-refractivity contribution in [2.24, 2.45) is 16.9 Å². The third kappa shape index (κ3) is 7.38. The molecule has 10 nitrogen and oxygen atoms in total. The summed E-state index contributed by atoms with van der Waals surface area (Å²) in [5.74, 6) is -5.16. The second-order valence-electron chi connectivity index (χ2n) is 5.99. The molecule has 24 heavy (non-hydrogen) atoms. The van der Waals surface area contributed by atoms with Gasteiger partial charge in [-0.3, -0.25) is 19.2 Å². The molecular formula is C14H24N2O8. The Balaban J connectivity index is 5.23. The molecule has 0 aliphatic carbocycles. The summed E-state index contributed by atoms with van der Waals surface area (Å²) in [5, 5.41) is 35.7. The molecule has 0 fully saturated rings. The molecule has 0 saturated heterocycles. The molecule has 0 aromatic carbocycles. The number of carbonyl (C=O) groups is 4. The van der Waals surface area contributed by atoms with Crippen LogP contribution in [0.5, 0.6) is 0 Å². The summed E-state index contributed by atoms with van der Waals surface area (Å²) >= 11 is 0. The highest BCUT2D eigenvalue weighted by molar-refractivity contribution is 5.76. The predicted octanol–water partition coefficient (Wildman–Crippen LogP) is 0.0457. The van der Waals surface area contributed by atoms with Gasteiger partial charge in [0.25, 0.3) is 0 Å². The highest BCUT2D eigenvalue weighted by atomic mass is 16.4. The minimum Gasteiger partial charge on any atom is -0.481 e. The minimum atomic E-state index is -1.86. The summed E-state index contributed by atoms with van der Waals surface area (Å²) in [6.45, 7) is 0. The van der Waals surface area contributed by atoms with Crippen LogP contribution in [-0.4, -0.2) is 50.0 Å². The molecule has 0 aromatic rings. The van der Waals surface area contributed by atoms with Crippen LogP contribution in [-0.2, 0) is 19.2 Å². The Morgan fingerprint density at radius 3 is 1.42 bits per heavy atom. The van der Waals surface area contributed by atoms with Gasteiger partial charge in [0.05, 0.1) is 24.9 Å². The fourth-order valence-electron chi connectivity index (χ4n) is 2.69. The molecular weight excluding hydrogens is 324 g/mol. The van der Waals surface area contributed by atoms with E-state index in [-0.39, 0.29) is 12.8 Å². The van der Waals surface area contributed by atoms with Gasteiger partial charge in [0.1, 0.15) is 0 Å². The topological polar surface area (TPSA) is 201 Å². The summed E-state index contributed by atoms with van der Waals surface area (Å²) in [7, 11) is 0. The third-order valence-corrected chi connectivity index (χ3v) is 3.94. The highest BCUT2D eigenvalue weighted by Crippen LogP contribution is 2.41. The SMILES string of the molecule is NC(N)(CCCCCC(=O)O)C(CC(=O)O)(CC(=O)O)CC(=O)O. The standard InChI is InChI=1S/C14H24N2O8/c15-14(16,5-3-1-2-4-9(17)18)13(6-10(19)20,7-11(21)22)8-12(23)24/h1-8,15-16H2,(H,17,18)(H,19,20)(H,21,22)(H,23,24). The highest BCUT2D eigenvalue weighted by Gasteiger charge is 2.50. The maximum absolute atomic E-state index is 11.1. The molecule has 0 aliphatic rings. The quantitative estimate of drug-likeness (QED) is 0.195. The van der Waals surface area contributed by atoms with Crippen LogP contribution in [0.2, 0.25) is 0 Å². The van der Waals surface area contributed by atoms with Gasteiger partial charge in [-0.05, 0) is 12.8 Å². The molecule has 0 rings (SSSR count). The fraction of sp³-hybridized carbons (Fsp3) is 0.714. The van der Waals surface area contributed by atoms with Crippen LogP contribution in [0.15, 0.2) is 0 Å². The Kier molecular flexibility index (Phi) is 8.34. The smallest absolute Gasteiger partial charge is 0.304 e. The molecule has 0 saturated carbocycles. The van der Waals surface area contributed by atoms with Gasteiger partial charge < -0.3 is 31.9 Å². The van der Waals surface area contributed by atoms with E-state index < -0.39 is 54.2 Å². The Hall–Kier alpha value is -2.20. The first-order chi connectivity index (χ1) is 10.9. The maximum Gasteiger partial charge on any atom is 0.304 e. The van der Waals surface area contributed by atoms with Crippen molar-refractivity contribution in [3.05, 3.63) is 0 Å². The number of hydrogen-bond acceptors (Lipinski definition) is 6. The van der Waals surface area contributed by atoms with Crippen LogP contribution >= 0.6 is 0 Å². The van der Waals surface area contributed by atoms with E-state index in [1.165, 1.54) is 0 Å². The van der Waals surface area contributed by atoms with Crippen LogP contribution in [0.1, 0.15) is 51.4 Å². The number of unbranched alkanes of at least 4 members (excludes halogenated alkanes) is 2. The number of aliphatic carboxylic acids is 4. The van der Waals surface area contributed by atoms with Crippen molar-refractivity contribution in [3.63, 3.8) is 0 Å². The lowest BCUT2D eigenvalue weighted by Crippen LogP contribution is -2.64. The van der Waals surface area contributed by atoms with Gasteiger partial charge in [-0.2, -0.15) is 0 Å². The molecule has 0 aromatic heterocycles. The molecule has 0 atom stereocenters. The van der Waals surface area contributed by atoms with E-state index in [2.05, 4.69) is 0 Å². The van der Waals surface area contributed by atoms with E-state index in [9.17, 15) is 19.2 Å². The minimum absolute atomic E-state index is 0.0273. The zero-order valence-electron chi connectivity index (χ0n) is 13.2. The molecule has 10 heteroatoms. The summed E-state index contributed by atoms with van der Waals surface area (Å²) in [6, 6.07) is 0. The molecule has 0 heterocycles. The molecule has 0 amide bonds. The monoisotopic (exact) mass is 348 g/mol. The Morgan fingerprint density at radius 1 is 0.667 bits per heavy atom. The number of rotatable bonds is 13. The number of carboxylic acid groups (broad SMARTS) is 4. The number of nitrogens with two attached hydrogens (primary N) is 2. The van der Waals surface area contributed by atoms with Gasteiger partial charge >= 0.3 is 23.9 Å². The van der Waals surface area contributed by atoms with Crippen LogP contribution in [0.4, 0.5) is 0 Å². The second kappa shape index (κ2) is 9.18. The van der Waals surface area contributed by atoms with Crippen molar-refractivity contribution in [2.75, 3.05) is 0 Å². The number of carboxylic acids is 4. The number of hydrogen-bond donors (Lipinski definition) is 6. The van der Waals surface area contributed by atoms with E-state index in [0.29, 0.717) is 19.3 Å². The van der Waals surface area contributed by atoms with Crippen molar-refractivity contribution < 1.29 is 39.6 Å². The van der Waals surface area contributed by atoms with Crippen molar-refractivity contribution in [1.29, 1.82) is 0 Å². The lowest BCUT2D eigenvalue weighted by atomic mass is 9.66. The summed E-state index contributed by atoms with van der Waals surface area (Å²) in [5.41, 5.74) is 8.21. The molecule has 0 bridgehead atoms. The van der Waals surface area contributed by atoms with E-state index in [1.54, 1.807) is 0 Å². The normalized spacial score (nSPS) is 11.9. The van der Waals surface area contributed by atoms with Gasteiger partial charge in [-0.15, -0.1) is 0 Å². The van der Waals surface area contributed by atoms with Crippen molar-refractivity contribution in [3.8, 4) is 0 Å². The second-order valence-corrected chi connectivity index (χ2v) is 5.99. The first kappa shape index (κ1) is 21.8. The van der Waals surface area contributed by atoms with E-state index in [1.807, 2.05) is 0 Å². The summed E-state index contributed by atoms with van der Waals surface area (Å²) in [6.07, 6.45) is -1.36. The van der Waals surface area contributed by atoms with Crippen molar-refractivity contribution in [1.82, 2.24) is 0 Å².